The van der Waals surface area contributed by atoms with Crippen LogP contribution >= 0.6 is 0 Å². The van der Waals surface area contributed by atoms with Gasteiger partial charge in [-0.05, 0) is 30.7 Å². The lowest BCUT2D eigenvalue weighted by Crippen LogP contribution is -2.39. The molecule has 7 heteroatoms. The Morgan fingerprint density at radius 2 is 1.97 bits per heavy atom. The van der Waals surface area contributed by atoms with Crippen LogP contribution in [0.2, 0.25) is 0 Å². The largest absolute Gasteiger partial charge is 0.378 e. The maximum absolute atomic E-state index is 6.13. The molecule has 1 aliphatic rings. The molecule has 0 atom stereocenters. The van der Waals surface area contributed by atoms with E-state index in [4.69, 9.17) is 4.74 Å². The molecule has 2 aromatic rings. The highest BCUT2D eigenvalue weighted by Crippen LogP contribution is 2.16. The fourth-order valence-corrected chi connectivity index (χ4v) is 4.05. The number of nitrogens with one attached hydrogen (secondary N) is 2. The van der Waals surface area contributed by atoms with Crippen LogP contribution in [-0.4, -0.2) is 59.8 Å². The summed E-state index contributed by atoms with van der Waals surface area (Å²) < 4.78 is 8.33. The molecule has 1 aromatic carbocycles. The molecule has 0 aliphatic carbocycles. The number of nitrogens with zero attached hydrogens (tertiary/aromatic N) is 4. The molecule has 0 radical (unpaired) electrons. The second-order valence-corrected chi connectivity index (χ2v) is 8.93. The Balaban J connectivity index is 1.25. The van der Waals surface area contributed by atoms with Gasteiger partial charge in [0.25, 0.3) is 0 Å². The van der Waals surface area contributed by atoms with Crippen LogP contribution in [0.15, 0.2) is 47.7 Å². The topological polar surface area (TPSA) is 66.7 Å². The zero-order valence-corrected chi connectivity index (χ0v) is 20.0. The quantitative estimate of drug-likeness (QED) is 0.319. The summed E-state index contributed by atoms with van der Waals surface area (Å²) in [5, 5.41) is 6.74. The number of imidazole rings is 1. The van der Waals surface area contributed by atoms with Crippen LogP contribution in [0.1, 0.15) is 44.5 Å². The van der Waals surface area contributed by atoms with Crippen molar-refractivity contribution in [3.63, 3.8) is 0 Å². The summed E-state index contributed by atoms with van der Waals surface area (Å²) >= 11 is 0. The van der Waals surface area contributed by atoms with Crippen LogP contribution in [-0.2, 0) is 24.4 Å². The number of hydrogen-bond donors (Lipinski definition) is 2. The van der Waals surface area contributed by atoms with Crippen LogP contribution < -0.4 is 10.6 Å². The number of hydrogen-bond acceptors (Lipinski definition) is 4. The molecule has 0 amide bonds. The first kappa shape index (κ1) is 24.3. The van der Waals surface area contributed by atoms with Gasteiger partial charge in [0.15, 0.2) is 5.96 Å². The molecule has 2 heterocycles. The summed E-state index contributed by atoms with van der Waals surface area (Å²) in [7, 11) is 1.80. The summed E-state index contributed by atoms with van der Waals surface area (Å²) in [4.78, 5) is 11.3. The minimum atomic E-state index is 0.388. The van der Waals surface area contributed by atoms with Crippen molar-refractivity contribution in [2.45, 2.75) is 58.8 Å². The van der Waals surface area contributed by atoms with Gasteiger partial charge in [-0.25, -0.2) is 4.98 Å². The fourth-order valence-electron chi connectivity index (χ4n) is 4.05. The molecule has 3 rings (SSSR count). The van der Waals surface area contributed by atoms with Gasteiger partial charge in [0.2, 0.25) is 0 Å². The number of likely N-dealkylation sites (tertiary alicyclic amines) is 1. The average Bonchev–Trinajstić information content (AvgIpc) is 3.23. The van der Waals surface area contributed by atoms with E-state index >= 15 is 0 Å². The Bertz CT molecular complexity index is 796. The van der Waals surface area contributed by atoms with Gasteiger partial charge in [0.05, 0.1) is 12.6 Å². The van der Waals surface area contributed by atoms with Gasteiger partial charge in [-0.3, -0.25) is 9.89 Å². The Morgan fingerprint density at radius 3 is 2.69 bits per heavy atom. The van der Waals surface area contributed by atoms with Gasteiger partial charge in [0.1, 0.15) is 5.82 Å². The van der Waals surface area contributed by atoms with Gasteiger partial charge in [-0.2, -0.15) is 0 Å². The molecule has 0 spiro atoms. The van der Waals surface area contributed by atoms with Gasteiger partial charge < -0.3 is 19.9 Å². The van der Waals surface area contributed by atoms with Crippen molar-refractivity contribution in [2.24, 2.45) is 10.9 Å². The molecule has 176 valence electrons. The first-order valence-corrected chi connectivity index (χ1v) is 12.0. The van der Waals surface area contributed by atoms with Crippen molar-refractivity contribution in [1.29, 1.82) is 0 Å². The smallest absolute Gasteiger partial charge is 0.191 e. The van der Waals surface area contributed by atoms with Crippen molar-refractivity contribution >= 4 is 5.96 Å². The molecule has 0 saturated carbocycles. The minimum Gasteiger partial charge on any atom is -0.378 e. The predicted octanol–water partition coefficient (Wildman–Crippen LogP) is 3.28. The van der Waals surface area contributed by atoms with E-state index in [1.54, 1.807) is 7.05 Å². The van der Waals surface area contributed by atoms with E-state index < -0.39 is 0 Å². The molecule has 1 fully saturated rings. The molecular weight excluding hydrogens is 400 g/mol. The molecule has 0 bridgehead atoms. The summed E-state index contributed by atoms with van der Waals surface area (Å²) in [5.74, 6) is 2.43. The van der Waals surface area contributed by atoms with Gasteiger partial charge in [0, 0.05) is 58.8 Å². The monoisotopic (exact) mass is 440 g/mol. The summed E-state index contributed by atoms with van der Waals surface area (Å²) in [5.41, 5.74) is 1.39. The third kappa shape index (κ3) is 8.28. The maximum atomic E-state index is 6.13. The van der Waals surface area contributed by atoms with E-state index in [-0.39, 0.29) is 0 Å². The van der Waals surface area contributed by atoms with E-state index in [1.807, 2.05) is 12.4 Å². The number of aliphatic imine (C=N–C) groups is 1. The molecule has 1 aromatic heterocycles. The lowest BCUT2D eigenvalue weighted by molar-refractivity contribution is 0.00534. The van der Waals surface area contributed by atoms with E-state index in [0.717, 1.165) is 70.4 Å². The second-order valence-electron chi connectivity index (χ2n) is 8.93. The highest BCUT2D eigenvalue weighted by molar-refractivity contribution is 5.79. The Hall–Kier alpha value is -2.38. The molecule has 1 saturated heterocycles. The zero-order valence-electron chi connectivity index (χ0n) is 20.0. The first-order chi connectivity index (χ1) is 15.6. The van der Waals surface area contributed by atoms with Crippen molar-refractivity contribution in [3.05, 3.63) is 54.1 Å². The molecule has 1 aliphatic heterocycles. The average molecular weight is 441 g/mol. The number of benzene rings is 1. The second kappa shape index (κ2) is 13.2. The van der Waals surface area contributed by atoms with Crippen LogP contribution in [0, 0.1) is 5.92 Å². The summed E-state index contributed by atoms with van der Waals surface area (Å²) in [6, 6.07) is 10.7. The molecular formula is C25H40N6O. The van der Waals surface area contributed by atoms with Crippen molar-refractivity contribution in [3.8, 4) is 0 Å². The highest BCUT2D eigenvalue weighted by Gasteiger charge is 2.19. The van der Waals surface area contributed by atoms with E-state index in [1.165, 1.54) is 5.56 Å². The molecule has 2 N–H and O–H groups in total. The van der Waals surface area contributed by atoms with Crippen LogP contribution in [0.3, 0.4) is 0 Å². The van der Waals surface area contributed by atoms with Crippen molar-refractivity contribution in [2.75, 3.05) is 33.3 Å². The Labute approximate surface area is 193 Å². The summed E-state index contributed by atoms with van der Waals surface area (Å²) in [6.45, 7) is 11.0. The SMILES string of the molecule is CN=C(NCCCOC1CCN(Cc2ccccc2)CC1)NCc1nccn1CC(C)C. The fraction of sp³-hybridized carbons (Fsp3) is 0.600. The van der Waals surface area contributed by atoms with Crippen molar-refractivity contribution in [1.82, 2.24) is 25.1 Å². The third-order valence-electron chi connectivity index (χ3n) is 5.75. The van der Waals surface area contributed by atoms with E-state index in [0.29, 0.717) is 18.6 Å². The van der Waals surface area contributed by atoms with Crippen LogP contribution in [0.25, 0.3) is 0 Å². The Morgan fingerprint density at radius 1 is 1.19 bits per heavy atom. The number of guanidine groups is 1. The van der Waals surface area contributed by atoms with Gasteiger partial charge in [-0.1, -0.05) is 44.2 Å². The summed E-state index contributed by atoms with van der Waals surface area (Å²) in [6.07, 6.45) is 7.49. The Kier molecular flexibility index (Phi) is 10.0. The normalized spacial score (nSPS) is 15.9. The number of rotatable bonds is 11. The number of ether oxygens (including phenoxy) is 1. The molecule has 0 unspecified atom stereocenters. The standard InChI is InChI=1S/C25H40N6O/c1-21(2)19-31-16-13-27-24(31)18-29-25(26-3)28-12-7-17-32-23-10-14-30(15-11-23)20-22-8-5-4-6-9-22/h4-6,8-9,13,16,21,23H,7,10-12,14-15,17-20H2,1-3H3,(H2,26,28,29). The lowest BCUT2D eigenvalue weighted by atomic mass is 10.1. The minimum absolute atomic E-state index is 0.388. The number of aromatic nitrogens is 2. The predicted molar refractivity (Wildman–Crippen MR) is 131 cm³/mol. The van der Waals surface area contributed by atoms with Crippen LogP contribution in [0.4, 0.5) is 0 Å². The highest BCUT2D eigenvalue weighted by atomic mass is 16.5. The van der Waals surface area contributed by atoms with Gasteiger partial charge in [-0.15, -0.1) is 0 Å². The molecule has 32 heavy (non-hydrogen) atoms. The van der Waals surface area contributed by atoms with E-state index in [2.05, 4.69) is 74.3 Å². The molecule has 7 nitrogen and oxygen atoms in total. The first-order valence-electron chi connectivity index (χ1n) is 12.0. The number of piperidine rings is 1. The lowest BCUT2D eigenvalue weighted by Gasteiger charge is -2.32. The maximum Gasteiger partial charge on any atom is 0.191 e. The van der Waals surface area contributed by atoms with E-state index in [9.17, 15) is 0 Å². The third-order valence-corrected chi connectivity index (χ3v) is 5.75. The zero-order chi connectivity index (χ0) is 22.6. The van der Waals surface area contributed by atoms with Crippen LogP contribution in [0.5, 0.6) is 0 Å². The van der Waals surface area contributed by atoms with Crippen molar-refractivity contribution < 1.29 is 4.74 Å². The van der Waals surface area contributed by atoms with Gasteiger partial charge >= 0.3 is 0 Å².